The van der Waals surface area contributed by atoms with Crippen LogP contribution in [0.4, 0.5) is 0 Å². The Morgan fingerprint density at radius 3 is 0.692 bits per heavy atom. The molecule has 0 aromatic heterocycles. The number of hydrogen-bond donors (Lipinski definition) is 0. The van der Waals surface area contributed by atoms with Crippen LogP contribution in [0.3, 0.4) is 0 Å². The van der Waals surface area contributed by atoms with Crippen LogP contribution in [0, 0.1) is 0 Å². The summed E-state index contributed by atoms with van der Waals surface area (Å²) in [4.78, 5) is 0. The molecule has 0 bridgehead atoms. The SMILES string of the molecule is C1CCN([P+](N2CCCCC2)(N2CCCCC2)N2CCCCC2)CC1.[Cl-]. The van der Waals surface area contributed by atoms with E-state index in [4.69, 9.17) is 0 Å². The summed E-state index contributed by atoms with van der Waals surface area (Å²) in [6, 6.07) is 0. The molecule has 4 nitrogen and oxygen atoms in total. The van der Waals surface area contributed by atoms with Gasteiger partial charge in [0.05, 0.1) is 0 Å². The van der Waals surface area contributed by atoms with E-state index >= 15 is 0 Å². The van der Waals surface area contributed by atoms with Gasteiger partial charge in [0.25, 0.3) is 0 Å². The Balaban J connectivity index is 0.00000196. The lowest BCUT2D eigenvalue weighted by Crippen LogP contribution is -3.00. The van der Waals surface area contributed by atoms with Crippen molar-refractivity contribution in [2.45, 2.75) is 77.0 Å². The molecule has 6 heteroatoms. The molecule has 0 radical (unpaired) electrons. The summed E-state index contributed by atoms with van der Waals surface area (Å²) >= 11 is 0. The highest BCUT2D eigenvalue weighted by Crippen LogP contribution is 2.71. The summed E-state index contributed by atoms with van der Waals surface area (Å²) in [5.41, 5.74) is 0. The Morgan fingerprint density at radius 1 is 0.308 bits per heavy atom. The highest BCUT2D eigenvalue weighted by Gasteiger charge is 2.61. The van der Waals surface area contributed by atoms with Crippen LogP contribution in [-0.4, -0.2) is 71.0 Å². The van der Waals surface area contributed by atoms with E-state index in [9.17, 15) is 0 Å². The van der Waals surface area contributed by atoms with Crippen molar-refractivity contribution in [3.8, 4) is 0 Å². The van der Waals surface area contributed by atoms with E-state index in [0.29, 0.717) is 0 Å². The van der Waals surface area contributed by atoms with Gasteiger partial charge < -0.3 is 12.4 Å². The Kier molecular flexibility index (Phi) is 8.48. The molecule has 0 N–H and O–H groups in total. The highest BCUT2D eigenvalue weighted by molar-refractivity contribution is 7.66. The predicted molar refractivity (Wildman–Crippen MR) is 109 cm³/mol. The second-order valence-electron chi connectivity index (χ2n) is 8.59. The van der Waals surface area contributed by atoms with Gasteiger partial charge in [0.1, 0.15) is 0 Å². The molecule has 0 saturated carbocycles. The second-order valence-corrected chi connectivity index (χ2v) is 11.9. The van der Waals surface area contributed by atoms with Gasteiger partial charge in [0, 0.05) is 52.4 Å². The lowest BCUT2D eigenvalue weighted by atomic mass is 10.2. The van der Waals surface area contributed by atoms with E-state index in [-0.39, 0.29) is 12.4 Å². The minimum Gasteiger partial charge on any atom is -1.00 e. The van der Waals surface area contributed by atoms with Crippen LogP contribution in [0.15, 0.2) is 0 Å². The van der Waals surface area contributed by atoms with Crippen molar-refractivity contribution in [3.63, 3.8) is 0 Å². The smallest absolute Gasteiger partial charge is 0.308 e. The molecule has 0 aromatic rings. The molecule has 4 aliphatic rings. The molecule has 0 amide bonds. The van der Waals surface area contributed by atoms with Crippen LogP contribution in [0.1, 0.15) is 77.0 Å². The fourth-order valence-electron chi connectivity index (χ4n) is 5.66. The first-order chi connectivity index (χ1) is 12.4. The Labute approximate surface area is 168 Å². The van der Waals surface area contributed by atoms with Crippen LogP contribution in [0.25, 0.3) is 0 Å². The van der Waals surface area contributed by atoms with Gasteiger partial charge >= 0.3 is 7.87 Å². The molecule has 26 heavy (non-hydrogen) atoms. The van der Waals surface area contributed by atoms with Crippen molar-refractivity contribution in [1.29, 1.82) is 0 Å². The molecule has 4 aliphatic heterocycles. The first kappa shape index (κ1) is 21.3. The minimum absolute atomic E-state index is 0. The van der Waals surface area contributed by atoms with E-state index in [1.165, 1.54) is 129 Å². The summed E-state index contributed by atoms with van der Waals surface area (Å²) in [6.07, 6.45) is 17.2. The first-order valence-corrected chi connectivity index (χ1v) is 12.9. The molecule has 0 atom stereocenters. The van der Waals surface area contributed by atoms with Crippen LogP contribution >= 0.6 is 7.87 Å². The fourth-order valence-corrected chi connectivity index (χ4v) is 11.1. The largest absolute Gasteiger partial charge is 1.00 e. The maximum atomic E-state index is 3.04. The molecule has 0 aromatic carbocycles. The predicted octanol–water partition coefficient (Wildman–Crippen LogP) is 1.61. The van der Waals surface area contributed by atoms with Gasteiger partial charge in [0.15, 0.2) is 0 Å². The third-order valence-corrected chi connectivity index (χ3v) is 11.5. The van der Waals surface area contributed by atoms with Crippen molar-refractivity contribution in [2.24, 2.45) is 0 Å². The second kappa shape index (κ2) is 10.4. The van der Waals surface area contributed by atoms with Gasteiger partial charge in [-0.05, 0) is 51.4 Å². The molecule has 4 saturated heterocycles. The monoisotopic (exact) mass is 402 g/mol. The molecule has 4 fully saturated rings. The number of rotatable bonds is 4. The fraction of sp³-hybridized carbons (Fsp3) is 1.00. The van der Waals surface area contributed by atoms with E-state index in [1.54, 1.807) is 0 Å². The van der Waals surface area contributed by atoms with Gasteiger partial charge in [-0.25, -0.2) is 0 Å². The lowest BCUT2D eigenvalue weighted by molar-refractivity contribution is -0.00000574. The summed E-state index contributed by atoms with van der Waals surface area (Å²) < 4.78 is 12.2. The molecular weight excluding hydrogens is 363 g/mol. The summed E-state index contributed by atoms with van der Waals surface area (Å²) in [6.45, 7) is 10.9. The Morgan fingerprint density at radius 2 is 0.500 bits per heavy atom. The van der Waals surface area contributed by atoms with Crippen molar-refractivity contribution in [3.05, 3.63) is 0 Å². The van der Waals surface area contributed by atoms with Gasteiger partial charge in [0.2, 0.25) is 0 Å². The Bertz CT molecular complexity index is 323. The van der Waals surface area contributed by atoms with Gasteiger partial charge in [-0.3, -0.25) is 0 Å². The normalized spacial score (nSPS) is 28.6. The zero-order valence-electron chi connectivity index (χ0n) is 16.8. The molecule has 0 aliphatic carbocycles. The number of nitrogens with zero attached hydrogens (tertiary/aromatic N) is 4. The summed E-state index contributed by atoms with van der Waals surface area (Å²) in [7, 11) is -1.46. The zero-order valence-corrected chi connectivity index (χ0v) is 18.4. The molecule has 4 heterocycles. The highest BCUT2D eigenvalue weighted by atomic mass is 35.5. The van der Waals surface area contributed by atoms with Crippen LogP contribution in [-0.2, 0) is 0 Å². The third-order valence-electron chi connectivity index (χ3n) is 6.85. The number of halogens is 1. The van der Waals surface area contributed by atoms with E-state index in [0.717, 1.165) is 0 Å². The van der Waals surface area contributed by atoms with E-state index < -0.39 is 7.87 Å². The number of hydrogen-bond acceptors (Lipinski definition) is 4. The minimum atomic E-state index is -1.46. The summed E-state index contributed by atoms with van der Waals surface area (Å²) in [5.74, 6) is 0. The van der Waals surface area contributed by atoms with E-state index in [2.05, 4.69) is 18.7 Å². The molecule has 152 valence electrons. The first-order valence-electron chi connectivity index (χ1n) is 11.3. The topological polar surface area (TPSA) is 13.0 Å². The van der Waals surface area contributed by atoms with Crippen molar-refractivity contribution >= 4 is 7.87 Å². The van der Waals surface area contributed by atoms with E-state index in [1.807, 2.05) is 0 Å². The standard InChI is InChI=1S/C20H40N4P.ClH/c1-5-13-21(14-6-1)25(22-15-7-2-8-16-22,23-17-9-3-10-18-23)24-19-11-4-12-20-24;/h1-20H2;1H/q+1;/p-1. The van der Waals surface area contributed by atoms with Gasteiger partial charge in [-0.2, -0.15) is 0 Å². The molecule has 0 spiro atoms. The zero-order chi connectivity index (χ0) is 17.0. The molecule has 4 rings (SSSR count). The van der Waals surface area contributed by atoms with Crippen LogP contribution < -0.4 is 12.4 Å². The van der Waals surface area contributed by atoms with Gasteiger partial charge in [-0.15, -0.1) is 18.7 Å². The van der Waals surface area contributed by atoms with Crippen LogP contribution in [0.5, 0.6) is 0 Å². The quantitative estimate of drug-likeness (QED) is 0.662. The lowest BCUT2D eigenvalue weighted by Gasteiger charge is -2.54. The average Bonchev–Trinajstić information content (AvgIpc) is 2.72. The van der Waals surface area contributed by atoms with Crippen molar-refractivity contribution < 1.29 is 12.4 Å². The Hall–Kier alpha value is 0.560. The summed E-state index contributed by atoms with van der Waals surface area (Å²) in [5, 5.41) is 0. The third kappa shape index (κ3) is 4.26. The molecule has 0 unspecified atom stereocenters. The van der Waals surface area contributed by atoms with Crippen LogP contribution in [0.2, 0.25) is 0 Å². The maximum Gasteiger partial charge on any atom is 0.308 e. The average molecular weight is 403 g/mol. The van der Waals surface area contributed by atoms with Crippen molar-refractivity contribution in [2.75, 3.05) is 52.4 Å². The van der Waals surface area contributed by atoms with Gasteiger partial charge in [-0.1, -0.05) is 25.7 Å². The molecular formula is C20H40ClN4P. The number of piperidine rings is 4. The van der Waals surface area contributed by atoms with Crippen molar-refractivity contribution in [1.82, 2.24) is 18.7 Å². The maximum absolute atomic E-state index is 3.04.